The van der Waals surface area contributed by atoms with E-state index in [0.717, 1.165) is 44.9 Å². The van der Waals surface area contributed by atoms with E-state index in [0.29, 0.717) is 13.0 Å². The van der Waals surface area contributed by atoms with Gasteiger partial charge < -0.3 is 16.2 Å². The van der Waals surface area contributed by atoms with Gasteiger partial charge in [-0.1, -0.05) is 25.7 Å². The van der Waals surface area contributed by atoms with Crippen LogP contribution >= 0.6 is 0 Å². The van der Waals surface area contributed by atoms with Crippen molar-refractivity contribution in [2.45, 2.75) is 69.4 Å². The highest BCUT2D eigenvalue weighted by Gasteiger charge is 2.32. The Morgan fingerprint density at radius 2 is 1.89 bits per heavy atom. The molecule has 4 nitrogen and oxygen atoms in total. The number of aliphatic hydroxyl groups excluding tert-OH is 1. The van der Waals surface area contributed by atoms with Crippen LogP contribution in [0.5, 0.6) is 0 Å². The normalized spacial score (nSPS) is 31.2. The monoisotopic (exact) mass is 254 g/mol. The van der Waals surface area contributed by atoms with Crippen LogP contribution in [0.1, 0.15) is 57.8 Å². The summed E-state index contributed by atoms with van der Waals surface area (Å²) in [6.07, 6.45) is 8.59. The number of nitrogens with two attached hydrogens (primary N) is 1. The lowest BCUT2D eigenvalue weighted by Crippen LogP contribution is -2.44. The van der Waals surface area contributed by atoms with Gasteiger partial charge in [-0.25, -0.2) is 0 Å². The molecule has 0 saturated heterocycles. The molecule has 2 rings (SSSR count). The van der Waals surface area contributed by atoms with Crippen molar-refractivity contribution < 1.29 is 9.90 Å². The maximum absolute atomic E-state index is 11.9. The minimum atomic E-state index is -0.269. The average Bonchev–Trinajstić information content (AvgIpc) is 2.74. The van der Waals surface area contributed by atoms with Gasteiger partial charge in [0.2, 0.25) is 5.91 Å². The summed E-state index contributed by atoms with van der Waals surface area (Å²) in [5, 5.41) is 12.8. The molecule has 2 aliphatic rings. The first-order valence-electron chi connectivity index (χ1n) is 7.33. The van der Waals surface area contributed by atoms with Crippen LogP contribution in [0, 0.1) is 5.92 Å². The number of hydrogen-bond donors (Lipinski definition) is 3. The topological polar surface area (TPSA) is 75.4 Å². The molecule has 2 fully saturated rings. The molecule has 0 spiro atoms. The zero-order chi connectivity index (χ0) is 13.0. The number of carbonyl (C=O) groups excluding carboxylic acids is 1. The SMILES string of the molecule is NC1(CC(=O)NCC2CCCCC2O)CCCC1. The molecule has 0 aromatic rings. The van der Waals surface area contributed by atoms with Crippen molar-refractivity contribution in [3.05, 3.63) is 0 Å². The number of hydrogen-bond acceptors (Lipinski definition) is 3. The van der Waals surface area contributed by atoms with E-state index in [9.17, 15) is 9.90 Å². The van der Waals surface area contributed by atoms with Crippen LogP contribution in [-0.4, -0.2) is 29.2 Å². The zero-order valence-electron chi connectivity index (χ0n) is 11.2. The van der Waals surface area contributed by atoms with Crippen molar-refractivity contribution in [2.75, 3.05) is 6.54 Å². The fraction of sp³-hybridized carbons (Fsp3) is 0.929. The Balaban J connectivity index is 1.71. The van der Waals surface area contributed by atoms with Gasteiger partial charge in [0.25, 0.3) is 0 Å². The molecule has 2 unspecified atom stereocenters. The summed E-state index contributed by atoms with van der Waals surface area (Å²) in [5.41, 5.74) is 5.92. The fourth-order valence-corrected chi connectivity index (χ4v) is 3.31. The van der Waals surface area contributed by atoms with Gasteiger partial charge in [-0.15, -0.1) is 0 Å². The molecule has 0 radical (unpaired) electrons. The van der Waals surface area contributed by atoms with Crippen LogP contribution in [0.4, 0.5) is 0 Å². The van der Waals surface area contributed by atoms with Gasteiger partial charge in [0.1, 0.15) is 0 Å². The summed E-state index contributed by atoms with van der Waals surface area (Å²) >= 11 is 0. The van der Waals surface area contributed by atoms with Crippen LogP contribution in [0.3, 0.4) is 0 Å². The predicted molar refractivity (Wildman–Crippen MR) is 71.0 cm³/mol. The smallest absolute Gasteiger partial charge is 0.221 e. The highest BCUT2D eigenvalue weighted by atomic mass is 16.3. The Morgan fingerprint density at radius 1 is 1.22 bits per heavy atom. The summed E-state index contributed by atoms with van der Waals surface area (Å²) in [6.45, 7) is 0.607. The number of nitrogens with one attached hydrogen (secondary N) is 1. The summed E-state index contributed by atoms with van der Waals surface area (Å²) in [6, 6.07) is 0. The van der Waals surface area contributed by atoms with E-state index >= 15 is 0 Å². The third-order valence-electron chi connectivity index (χ3n) is 4.54. The van der Waals surface area contributed by atoms with Gasteiger partial charge in [0, 0.05) is 24.4 Å². The van der Waals surface area contributed by atoms with Crippen LogP contribution < -0.4 is 11.1 Å². The zero-order valence-corrected chi connectivity index (χ0v) is 11.2. The van der Waals surface area contributed by atoms with Crippen molar-refractivity contribution in [1.29, 1.82) is 0 Å². The second-order valence-electron chi connectivity index (χ2n) is 6.16. The Bertz CT molecular complexity index is 288. The first kappa shape index (κ1) is 13.8. The van der Waals surface area contributed by atoms with Crippen molar-refractivity contribution >= 4 is 5.91 Å². The first-order valence-corrected chi connectivity index (χ1v) is 7.33. The third kappa shape index (κ3) is 3.69. The lowest BCUT2D eigenvalue weighted by Gasteiger charge is -2.28. The molecule has 2 atom stereocenters. The molecule has 0 heterocycles. The molecular weight excluding hydrogens is 228 g/mol. The maximum Gasteiger partial charge on any atom is 0.221 e. The Hall–Kier alpha value is -0.610. The lowest BCUT2D eigenvalue weighted by atomic mass is 9.86. The number of amides is 1. The van der Waals surface area contributed by atoms with Gasteiger partial charge in [-0.3, -0.25) is 4.79 Å². The van der Waals surface area contributed by atoms with E-state index < -0.39 is 0 Å². The molecule has 0 aromatic heterocycles. The van der Waals surface area contributed by atoms with Crippen molar-refractivity contribution in [3.8, 4) is 0 Å². The summed E-state index contributed by atoms with van der Waals surface area (Å²) in [4.78, 5) is 11.9. The molecule has 18 heavy (non-hydrogen) atoms. The van der Waals surface area contributed by atoms with E-state index in [1.54, 1.807) is 0 Å². The first-order chi connectivity index (χ1) is 8.59. The van der Waals surface area contributed by atoms with Crippen molar-refractivity contribution in [3.63, 3.8) is 0 Å². The Morgan fingerprint density at radius 3 is 2.56 bits per heavy atom. The largest absolute Gasteiger partial charge is 0.393 e. The van der Waals surface area contributed by atoms with E-state index in [4.69, 9.17) is 5.73 Å². The second kappa shape index (κ2) is 6.02. The quantitative estimate of drug-likeness (QED) is 0.708. The number of aliphatic hydroxyl groups is 1. The van der Waals surface area contributed by atoms with Gasteiger partial charge >= 0.3 is 0 Å². The molecule has 1 amide bonds. The van der Waals surface area contributed by atoms with Crippen LogP contribution in [0.25, 0.3) is 0 Å². The molecule has 2 aliphatic carbocycles. The van der Waals surface area contributed by atoms with Gasteiger partial charge in [-0.05, 0) is 25.7 Å². The molecular formula is C14H26N2O2. The predicted octanol–water partition coefficient (Wildman–Crippen LogP) is 1.32. The lowest BCUT2D eigenvalue weighted by molar-refractivity contribution is -0.122. The van der Waals surface area contributed by atoms with E-state index in [2.05, 4.69) is 5.32 Å². The summed E-state index contributed by atoms with van der Waals surface area (Å²) < 4.78 is 0. The van der Waals surface area contributed by atoms with Crippen LogP contribution in [0.15, 0.2) is 0 Å². The van der Waals surface area contributed by atoms with E-state index in [-0.39, 0.29) is 23.5 Å². The second-order valence-corrected chi connectivity index (χ2v) is 6.16. The molecule has 0 aromatic carbocycles. The minimum absolute atomic E-state index is 0.0529. The molecule has 104 valence electrons. The summed E-state index contributed by atoms with van der Waals surface area (Å²) in [7, 11) is 0. The molecule has 2 saturated carbocycles. The van der Waals surface area contributed by atoms with E-state index in [1.165, 1.54) is 6.42 Å². The highest BCUT2D eigenvalue weighted by molar-refractivity contribution is 5.77. The minimum Gasteiger partial charge on any atom is -0.393 e. The molecule has 4 heteroatoms. The van der Waals surface area contributed by atoms with Gasteiger partial charge in [-0.2, -0.15) is 0 Å². The Kier molecular flexibility index (Phi) is 4.62. The maximum atomic E-state index is 11.9. The van der Waals surface area contributed by atoms with E-state index in [1.807, 2.05) is 0 Å². The van der Waals surface area contributed by atoms with Gasteiger partial charge in [0.15, 0.2) is 0 Å². The fourth-order valence-electron chi connectivity index (χ4n) is 3.31. The molecule has 0 aliphatic heterocycles. The standard InChI is InChI=1S/C14H26N2O2/c15-14(7-3-4-8-14)9-13(18)16-10-11-5-1-2-6-12(11)17/h11-12,17H,1-10,15H2,(H,16,18). The molecule has 0 bridgehead atoms. The average molecular weight is 254 g/mol. The van der Waals surface area contributed by atoms with Crippen LogP contribution in [-0.2, 0) is 4.79 Å². The van der Waals surface area contributed by atoms with Gasteiger partial charge in [0.05, 0.1) is 6.10 Å². The third-order valence-corrected chi connectivity index (χ3v) is 4.54. The summed E-state index contributed by atoms with van der Waals surface area (Å²) in [5.74, 6) is 0.289. The molecule has 4 N–H and O–H groups in total. The number of carbonyl (C=O) groups is 1. The van der Waals surface area contributed by atoms with Crippen molar-refractivity contribution in [2.24, 2.45) is 11.7 Å². The van der Waals surface area contributed by atoms with Crippen molar-refractivity contribution in [1.82, 2.24) is 5.32 Å². The highest BCUT2D eigenvalue weighted by Crippen LogP contribution is 2.30. The number of rotatable bonds is 4. The van der Waals surface area contributed by atoms with Crippen LogP contribution in [0.2, 0.25) is 0 Å². The Labute approximate surface area is 109 Å².